The van der Waals surface area contributed by atoms with E-state index in [4.69, 9.17) is 0 Å². The van der Waals surface area contributed by atoms with Crippen LogP contribution in [-0.4, -0.2) is 33.7 Å². The quantitative estimate of drug-likeness (QED) is 0.769. The normalized spacial score (nSPS) is 14.1. The van der Waals surface area contributed by atoms with Crippen LogP contribution in [-0.2, 0) is 10.5 Å². The van der Waals surface area contributed by atoms with Crippen LogP contribution in [0.25, 0.3) is 0 Å². The van der Waals surface area contributed by atoms with Crippen molar-refractivity contribution in [3.05, 3.63) is 11.1 Å². The Morgan fingerprint density at radius 3 is 3.00 bits per heavy atom. The third-order valence-electron chi connectivity index (χ3n) is 3.07. The molecule has 2 aromatic rings. The molecule has 0 unspecified atom stereocenters. The van der Waals surface area contributed by atoms with E-state index in [1.807, 2.05) is 17.2 Å². The van der Waals surface area contributed by atoms with Crippen molar-refractivity contribution in [2.45, 2.75) is 42.8 Å². The van der Waals surface area contributed by atoms with Gasteiger partial charge in [0.05, 0.1) is 5.69 Å². The van der Waals surface area contributed by atoms with Gasteiger partial charge in [-0.1, -0.05) is 23.1 Å². The highest BCUT2D eigenvalue weighted by molar-refractivity contribution is 8.00. The summed E-state index contributed by atoms with van der Waals surface area (Å²) in [5, 5.41) is 15.0. The minimum absolute atomic E-state index is 0.0791. The topological polar surface area (TPSA) is 71.0 Å². The number of aromatic nitrogens is 3. The van der Waals surface area contributed by atoms with Crippen LogP contribution in [0.1, 0.15) is 32.4 Å². The highest BCUT2D eigenvalue weighted by Crippen LogP contribution is 2.35. The second kappa shape index (κ2) is 6.93. The molecule has 1 N–H and O–H groups in total. The molecule has 2 heterocycles. The summed E-state index contributed by atoms with van der Waals surface area (Å²) in [5.41, 5.74) is 0.983. The standard InChI is InChI=1S/C13H17N5OS3/c1-3-14-11-16-17-13(22-11)21-7-9-6-20-12(15-9)18(8(2)19)10-4-5-10/h6,10H,3-5,7H2,1-2H3,(H,14,16). The van der Waals surface area contributed by atoms with Crippen molar-refractivity contribution in [3.63, 3.8) is 0 Å². The van der Waals surface area contributed by atoms with E-state index in [9.17, 15) is 4.79 Å². The first-order valence-corrected chi connectivity index (χ1v) is 9.80. The van der Waals surface area contributed by atoms with Gasteiger partial charge in [0.15, 0.2) is 9.47 Å². The van der Waals surface area contributed by atoms with Crippen LogP contribution < -0.4 is 10.2 Å². The number of carbonyl (C=O) groups is 1. The molecule has 0 saturated heterocycles. The van der Waals surface area contributed by atoms with E-state index in [-0.39, 0.29) is 5.91 Å². The number of thiazole rings is 1. The molecule has 0 bridgehead atoms. The van der Waals surface area contributed by atoms with E-state index in [2.05, 4.69) is 20.5 Å². The first-order valence-electron chi connectivity index (χ1n) is 7.11. The van der Waals surface area contributed by atoms with Crippen molar-refractivity contribution < 1.29 is 4.79 Å². The van der Waals surface area contributed by atoms with Gasteiger partial charge in [0.2, 0.25) is 11.0 Å². The molecule has 118 valence electrons. The number of amides is 1. The van der Waals surface area contributed by atoms with E-state index < -0.39 is 0 Å². The van der Waals surface area contributed by atoms with Crippen LogP contribution in [0.4, 0.5) is 10.3 Å². The number of carbonyl (C=O) groups excluding carboxylic acids is 1. The van der Waals surface area contributed by atoms with Gasteiger partial charge >= 0.3 is 0 Å². The molecule has 22 heavy (non-hydrogen) atoms. The molecule has 0 radical (unpaired) electrons. The molecule has 9 heteroatoms. The predicted molar refractivity (Wildman–Crippen MR) is 91.9 cm³/mol. The minimum Gasteiger partial charge on any atom is -0.360 e. The number of nitrogens with zero attached hydrogens (tertiary/aromatic N) is 4. The minimum atomic E-state index is 0.0791. The Hall–Kier alpha value is -1.19. The lowest BCUT2D eigenvalue weighted by Gasteiger charge is -2.16. The van der Waals surface area contributed by atoms with Crippen LogP contribution in [0.2, 0.25) is 0 Å². The number of thioether (sulfide) groups is 1. The van der Waals surface area contributed by atoms with Gasteiger partial charge in [-0.15, -0.1) is 21.5 Å². The molecule has 1 aliphatic rings. The Morgan fingerprint density at radius 2 is 2.32 bits per heavy atom. The van der Waals surface area contributed by atoms with Crippen molar-refractivity contribution in [3.8, 4) is 0 Å². The molecular weight excluding hydrogens is 338 g/mol. The SMILES string of the molecule is CCNc1nnc(SCc2csc(N(C(C)=O)C3CC3)n2)s1. The number of hydrogen-bond acceptors (Lipinski definition) is 8. The second-order valence-corrected chi connectivity index (χ2v) is 7.97. The van der Waals surface area contributed by atoms with Crippen LogP contribution in [0.5, 0.6) is 0 Å². The maximum Gasteiger partial charge on any atom is 0.225 e. The Bertz CT molecular complexity index is 652. The molecule has 0 spiro atoms. The van der Waals surface area contributed by atoms with Crippen LogP contribution in [0.3, 0.4) is 0 Å². The zero-order valence-electron chi connectivity index (χ0n) is 12.4. The van der Waals surface area contributed by atoms with Crippen molar-refractivity contribution in [1.29, 1.82) is 0 Å². The van der Waals surface area contributed by atoms with Gasteiger partial charge in [-0.2, -0.15) is 0 Å². The molecule has 1 fully saturated rings. The molecule has 1 aliphatic carbocycles. The molecule has 0 aliphatic heterocycles. The molecule has 3 rings (SSSR count). The molecule has 0 aromatic carbocycles. The van der Waals surface area contributed by atoms with E-state index in [1.165, 1.54) is 11.3 Å². The zero-order valence-corrected chi connectivity index (χ0v) is 14.9. The van der Waals surface area contributed by atoms with Gasteiger partial charge in [-0.3, -0.25) is 9.69 Å². The average molecular weight is 356 g/mol. The fourth-order valence-corrected chi connectivity index (χ4v) is 4.74. The van der Waals surface area contributed by atoms with Crippen LogP contribution in [0.15, 0.2) is 9.72 Å². The second-order valence-electron chi connectivity index (χ2n) is 4.93. The van der Waals surface area contributed by atoms with Gasteiger partial charge in [0.1, 0.15) is 0 Å². The maximum absolute atomic E-state index is 11.7. The molecule has 1 amide bonds. The van der Waals surface area contributed by atoms with Gasteiger partial charge < -0.3 is 5.32 Å². The van der Waals surface area contributed by atoms with Crippen molar-refractivity contribution in [2.24, 2.45) is 0 Å². The van der Waals surface area contributed by atoms with Crippen molar-refractivity contribution in [2.75, 3.05) is 16.8 Å². The fraction of sp³-hybridized carbons (Fsp3) is 0.538. The Balaban J connectivity index is 1.60. The number of hydrogen-bond donors (Lipinski definition) is 1. The number of nitrogens with one attached hydrogen (secondary N) is 1. The molecule has 1 saturated carbocycles. The Morgan fingerprint density at radius 1 is 1.50 bits per heavy atom. The Labute approximate surface area is 141 Å². The van der Waals surface area contributed by atoms with Gasteiger partial charge in [-0.05, 0) is 19.8 Å². The Kier molecular flexibility index (Phi) is 4.94. The third-order valence-corrected chi connectivity index (χ3v) is 6.01. The lowest BCUT2D eigenvalue weighted by atomic mass is 10.5. The summed E-state index contributed by atoms with van der Waals surface area (Å²) >= 11 is 4.71. The average Bonchev–Trinajstić information content (AvgIpc) is 3.02. The summed E-state index contributed by atoms with van der Waals surface area (Å²) in [5.74, 6) is 0.823. The summed E-state index contributed by atoms with van der Waals surface area (Å²) in [6.45, 7) is 4.49. The highest BCUT2D eigenvalue weighted by Gasteiger charge is 2.33. The predicted octanol–water partition coefficient (Wildman–Crippen LogP) is 3.23. The highest BCUT2D eigenvalue weighted by atomic mass is 32.2. The van der Waals surface area contributed by atoms with Crippen LogP contribution in [0, 0.1) is 0 Å². The lowest BCUT2D eigenvalue weighted by molar-refractivity contribution is -0.116. The molecular formula is C13H17N5OS3. The largest absolute Gasteiger partial charge is 0.360 e. The summed E-state index contributed by atoms with van der Waals surface area (Å²) in [4.78, 5) is 18.2. The lowest BCUT2D eigenvalue weighted by Crippen LogP contribution is -2.30. The van der Waals surface area contributed by atoms with E-state index in [1.54, 1.807) is 30.0 Å². The van der Waals surface area contributed by atoms with Gasteiger partial charge in [0, 0.05) is 30.6 Å². The maximum atomic E-state index is 11.7. The fourth-order valence-electron chi connectivity index (χ4n) is 1.98. The summed E-state index contributed by atoms with van der Waals surface area (Å²) in [6, 6.07) is 0.356. The van der Waals surface area contributed by atoms with Crippen molar-refractivity contribution >= 4 is 50.6 Å². The number of rotatable bonds is 7. The monoisotopic (exact) mass is 355 g/mol. The number of anilines is 2. The first kappa shape index (κ1) is 15.7. The smallest absolute Gasteiger partial charge is 0.225 e. The van der Waals surface area contributed by atoms with E-state index in [0.29, 0.717) is 6.04 Å². The summed E-state index contributed by atoms with van der Waals surface area (Å²) in [6.07, 6.45) is 2.17. The summed E-state index contributed by atoms with van der Waals surface area (Å²) in [7, 11) is 0. The van der Waals surface area contributed by atoms with Gasteiger partial charge in [0.25, 0.3) is 0 Å². The molecule has 0 atom stereocenters. The molecule has 2 aromatic heterocycles. The first-order chi connectivity index (χ1) is 10.7. The van der Waals surface area contributed by atoms with E-state index >= 15 is 0 Å². The van der Waals surface area contributed by atoms with Gasteiger partial charge in [-0.25, -0.2) is 4.98 Å². The summed E-state index contributed by atoms with van der Waals surface area (Å²) < 4.78 is 0.927. The van der Waals surface area contributed by atoms with Crippen molar-refractivity contribution in [1.82, 2.24) is 15.2 Å². The molecule has 6 nitrogen and oxygen atoms in total. The van der Waals surface area contributed by atoms with Crippen LogP contribution >= 0.6 is 34.4 Å². The zero-order chi connectivity index (χ0) is 15.5. The van der Waals surface area contributed by atoms with E-state index in [0.717, 1.165) is 45.4 Å². The third kappa shape index (κ3) is 3.76.